The molecule has 2 aliphatic heterocycles. The SMILES string of the molecule is Cc1nn(CC(=O)N2CCC([C@H](C)N3CCCC3)CC2)c(C)c1Cl. The van der Waals surface area contributed by atoms with Gasteiger partial charge in [0.1, 0.15) is 6.54 Å². The van der Waals surface area contributed by atoms with Gasteiger partial charge in [0.05, 0.1) is 16.4 Å². The lowest BCUT2D eigenvalue weighted by atomic mass is 9.89. The summed E-state index contributed by atoms with van der Waals surface area (Å²) in [6.07, 6.45) is 4.91. The van der Waals surface area contributed by atoms with Gasteiger partial charge in [-0.3, -0.25) is 9.48 Å². The Labute approximate surface area is 149 Å². The van der Waals surface area contributed by atoms with Crippen molar-refractivity contribution < 1.29 is 4.79 Å². The molecule has 0 N–H and O–H groups in total. The minimum atomic E-state index is 0.157. The number of carbonyl (C=O) groups excluding carboxylic acids is 1. The lowest BCUT2D eigenvalue weighted by Gasteiger charge is -2.38. The van der Waals surface area contributed by atoms with E-state index < -0.39 is 0 Å². The number of hydrogen-bond donors (Lipinski definition) is 0. The average molecular weight is 353 g/mol. The van der Waals surface area contributed by atoms with Crippen molar-refractivity contribution in [3.05, 3.63) is 16.4 Å². The summed E-state index contributed by atoms with van der Waals surface area (Å²) in [5, 5.41) is 5.04. The monoisotopic (exact) mass is 352 g/mol. The molecule has 24 heavy (non-hydrogen) atoms. The molecule has 2 aliphatic rings. The first kappa shape index (κ1) is 17.7. The molecular weight excluding hydrogens is 324 g/mol. The molecule has 0 radical (unpaired) electrons. The van der Waals surface area contributed by atoms with Crippen molar-refractivity contribution in [1.82, 2.24) is 19.6 Å². The van der Waals surface area contributed by atoms with E-state index >= 15 is 0 Å². The normalized spacial score (nSPS) is 21.4. The highest BCUT2D eigenvalue weighted by Crippen LogP contribution is 2.26. The molecule has 1 atom stereocenters. The third-order valence-corrected chi connectivity index (χ3v) is 6.42. The number of halogens is 1. The van der Waals surface area contributed by atoms with Crippen LogP contribution >= 0.6 is 11.6 Å². The predicted octanol–water partition coefficient (Wildman–Crippen LogP) is 2.88. The van der Waals surface area contributed by atoms with Crippen LogP contribution in [0.25, 0.3) is 0 Å². The maximum absolute atomic E-state index is 12.6. The van der Waals surface area contributed by atoms with E-state index in [4.69, 9.17) is 11.6 Å². The summed E-state index contributed by atoms with van der Waals surface area (Å²) in [4.78, 5) is 17.2. The molecular formula is C18H29ClN4O. The van der Waals surface area contributed by atoms with Crippen molar-refractivity contribution in [1.29, 1.82) is 0 Å². The first-order chi connectivity index (χ1) is 11.5. The van der Waals surface area contributed by atoms with Gasteiger partial charge < -0.3 is 9.80 Å². The van der Waals surface area contributed by atoms with Gasteiger partial charge in [-0.05, 0) is 65.5 Å². The summed E-state index contributed by atoms with van der Waals surface area (Å²) in [5.41, 5.74) is 1.67. The van der Waals surface area contributed by atoms with Crippen molar-refractivity contribution in [3.8, 4) is 0 Å². The van der Waals surface area contributed by atoms with Gasteiger partial charge in [0.15, 0.2) is 0 Å². The maximum atomic E-state index is 12.6. The predicted molar refractivity (Wildman–Crippen MR) is 96.3 cm³/mol. The highest BCUT2D eigenvalue weighted by Gasteiger charge is 2.30. The summed E-state index contributed by atoms with van der Waals surface area (Å²) >= 11 is 6.17. The summed E-state index contributed by atoms with van der Waals surface area (Å²) in [5.74, 6) is 0.875. The standard InChI is InChI=1S/C18H29ClN4O/c1-13-18(19)15(3)23(20-13)12-17(24)22-10-6-16(7-11-22)14(2)21-8-4-5-9-21/h14,16H,4-12H2,1-3H3/t14-/m0/s1. The molecule has 5 nitrogen and oxygen atoms in total. The lowest BCUT2D eigenvalue weighted by molar-refractivity contribution is -0.133. The number of aryl methyl sites for hydroxylation is 1. The van der Waals surface area contributed by atoms with E-state index in [0.717, 1.165) is 43.2 Å². The van der Waals surface area contributed by atoms with Crippen molar-refractivity contribution in [2.45, 2.75) is 59.0 Å². The van der Waals surface area contributed by atoms with Crippen LogP contribution in [0.15, 0.2) is 0 Å². The van der Waals surface area contributed by atoms with E-state index in [9.17, 15) is 4.79 Å². The van der Waals surface area contributed by atoms with Crippen molar-refractivity contribution in [2.24, 2.45) is 5.92 Å². The average Bonchev–Trinajstić information content (AvgIpc) is 3.20. The Bertz CT molecular complexity index is 586. The Hall–Kier alpha value is -1.07. The molecule has 0 saturated carbocycles. The molecule has 134 valence electrons. The molecule has 6 heteroatoms. The second-order valence-corrected chi connectivity index (χ2v) is 7.72. The number of aromatic nitrogens is 2. The van der Waals surface area contributed by atoms with Crippen molar-refractivity contribution >= 4 is 17.5 Å². The molecule has 1 aromatic heterocycles. The van der Waals surface area contributed by atoms with Gasteiger partial charge in [0.2, 0.25) is 5.91 Å². The Morgan fingerprint density at radius 2 is 1.83 bits per heavy atom. The van der Waals surface area contributed by atoms with Gasteiger partial charge in [-0.25, -0.2) is 0 Å². The van der Waals surface area contributed by atoms with E-state index in [1.807, 2.05) is 18.7 Å². The molecule has 0 spiro atoms. The molecule has 1 aromatic rings. The fourth-order valence-electron chi connectivity index (χ4n) is 4.14. The minimum absolute atomic E-state index is 0.157. The van der Waals surface area contributed by atoms with E-state index in [2.05, 4.69) is 16.9 Å². The highest BCUT2D eigenvalue weighted by molar-refractivity contribution is 6.31. The third-order valence-electron chi connectivity index (χ3n) is 5.87. The number of hydrogen-bond acceptors (Lipinski definition) is 3. The second kappa shape index (κ2) is 7.44. The summed E-state index contributed by atoms with van der Waals surface area (Å²) in [6.45, 7) is 10.7. The van der Waals surface area contributed by atoms with Gasteiger partial charge >= 0.3 is 0 Å². The van der Waals surface area contributed by atoms with Crippen LogP contribution in [-0.4, -0.2) is 57.7 Å². The van der Waals surface area contributed by atoms with Crippen LogP contribution in [0, 0.1) is 19.8 Å². The molecule has 0 aromatic carbocycles. The number of likely N-dealkylation sites (tertiary alicyclic amines) is 2. The molecule has 0 bridgehead atoms. The van der Waals surface area contributed by atoms with Crippen molar-refractivity contribution in [3.63, 3.8) is 0 Å². The maximum Gasteiger partial charge on any atom is 0.244 e. The zero-order chi connectivity index (χ0) is 17.3. The second-order valence-electron chi connectivity index (χ2n) is 7.34. The van der Waals surface area contributed by atoms with Gasteiger partial charge in [-0.1, -0.05) is 11.6 Å². The fourth-order valence-corrected chi connectivity index (χ4v) is 4.27. The van der Waals surface area contributed by atoms with E-state index in [-0.39, 0.29) is 5.91 Å². The molecule has 0 aliphatic carbocycles. The van der Waals surface area contributed by atoms with Gasteiger partial charge in [-0.2, -0.15) is 5.10 Å². The van der Waals surface area contributed by atoms with Gasteiger partial charge in [-0.15, -0.1) is 0 Å². The zero-order valence-corrected chi connectivity index (χ0v) is 15.8. The Morgan fingerprint density at radius 3 is 2.38 bits per heavy atom. The lowest BCUT2D eigenvalue weighted by Crippen LogP contribution is -2.45. The van der Waals surface area contributed by atoms with Gasteiger partial charge in [0, 0.05) is 19.1 Å². The largest absolute Gasteiger partial charge is 0.341 e. The molecule has 2 fully saturated rings. The number of piperidine rings is 1. The van der Waals surface area contributed by atoms with Crippen LogP contribution < -0.4 is 0 Å². The smallest absolute Gasteiger partial charge is 0.244 e. The van der Waals surface area contributed by atoms with E-state index in [1.54, 1.807) is 4.68 Å². The number of carbonyl (C=O) groups is 1. The number of nitrogens with zero attached hydrogens (tertiary/aromatic N) is 4. The Balaban J connectivity index is 1.52. The summed E-state index contributed by atoms with van der Waals surface area (Å²) < 4.78 is 1.74. The van der Waals surface area contributed by atoms with Gasteiger partial charge in [0.25, 0.3) is 0 Å². The quantitative estimate of drug-likeness (QED) is 0.836. The van der Waals surface area contributed by atoms with Crippen LogP contribution in [0.5, 0.6) is 0 Å². The zero-order valence-electron chi connectivity index (χ0n) is 15.1. The van der Waals surface area contributed by atoms with Crippen LogP contribution in [0.4, 0.5) is 0 Å². The number of amides is 1. The minimum Gasteiger partial charge on any atom is -0.341 e. The molecule has 2 saturated heterocycles. The Morgan fingerprint density at radius 1 is 1.21 bits per heavy atom. The summed E-state index contributed by atoms with van der Waals surface area (Å²) in [6, 6.07) is 0.652. The summed E-state index contributed by atoms with van der Waals surface area (Å²) in [7, 11) is 0. The molecule has 1 amide bonds. The van der Waals surface area contributed by atoms with E-state index in [0.29, 0.717) is 17.6 Å². The molecule has 0 unspecified atom stereocenters. The molecule has 3 rings (SSSR count). The Kier molecular flexibility index (Phi) is 5.50. The topological polar surface area (TPSA) is 41.4 Å². The fraction of sp³-hybridized carbons (Fsp3) is 0.778. The van der Waals surface area contributed by atoms with Crippen LogP contribution in [0.2, 0.25) is 5.02 Å². The van der Waals surface area contributed by atoms with Crippen LogP contribution in [0.1, 0.15) is 44.0 Å². The molecule has 3 heterocycles. The highest BCUT2D eigenvalue weighted by atomic mass is 35.5. The van der Waals surface area contributed by atoms with Crippen molar-refractivity contribution in [2.75, 3.05) is 26.2 Å². The first-order valence-corrected chi connectivity index (χ1v) is 9.56. The van der Waals surface area contributed by atoms with E-state index in [1.165, 1.54) is 25.9 Å². The third kappa shape index (κ3) is 3.62. The number of rotatable bonds is 4. The van der Waals surface area contributed by atoms with Crippen LogP contribution in [-0.2, 0) is 11.3 Å². The van der Waals surface area contributed by atoms with Crippen LogP contribution in [0.3, 0.4) is 0 Å². The first-order valence-electron chi connectivity index (χ1n) is 9.18.